The van der Waals surface area contributed by atoms with Gasteiger partial charge in [-0.05, 0) is 32.2 Å². The fourth-order valence-corrected chi connectivity index (χ4v) is 1.30. The fourth-order valence-electron chi connectivity index (χ4n) is 1.30. The largest absolute Gasteiger partial charge is 0.480 e. The predicted octanol–water partition coefficient (Wildman–Crippen LogP) is 0.00910. The Bertz CT molecular complexity index is 343. The summed E-state index contributed by atoms with van der Waals surface area (Å²) in [6, 6.07) is 0. The zero-order chi connectivity index (χ0) is 11.5. The Morgan fingerprint density at radius 2 is 2.20 bits per heavy atom. The van der Waals surface area contributed by atoms with Gasteiger partial charge >= 0.3 is 5.97 Å². The number of carbonyl (C=O) groups excluding carboxylic acids is 1. The highest BCUT2D eigenvalue weighted by Gasteiger charge is 2.28. The van der Waals surface area contributed by atoms with Crippen molar-refractivity contribution in [3.63, 3.8) is 0 Å². The van der Waals surface area contributed by atoms with Gasteiger partial charge < -0.3 is 15.7 Å². The van der Waals surface area contributed by atoms with Crippen molar-refractivity contribution in [2.45, 2.75) is 19.4 Å². The van der Waals surface area contributed by atoms with Crippen molar-refractivity contribution in [3.05, 3.63) is 23.9 Å². The number of hydrogen-bond acceptors (Lipinski definition) is 3. The Labute approximate surface area is 87.9 Å². The van der Waals surface area contributed by atoms with E-state index in [1.807, 2.05) is 13.8 Å². The maximum atomic E-state index is 11.6. The summed E-state index contributed by atoms with van der Waals surface area (Å²) in [4.78, 5) is 21.9. The normalized spacial score (nSPS) is 17.6. The molecule has 0 unspecified atom stereocenters. The van der Waals surface area contributed by atoms with Crippen LogP contribution in [0.3, 0.4) is 0 Å². The molecule has 0 radical (unpaired) electrons. The number of dihydropyridines is 1. The average molecular weight is 210 g/mol. The molecule has 0 bridgehead atoms. The summed E-state index contributed by atoms with van der Waals surface area (Å²) in [6.07, 6.45) is 5.13. The highest BCUT2D eigenvalue weighted by molar-refractivity contribution is 5.97. The molecule has 15 heavy (non-hydrogen) atoms. The minimum Gasteiger partial charge on any atom is -0.480 e. The van der Waals surface area contributed by atoms with Gasteiger partial charge in [0.15, 0.2) is 0 Å². The van der Waals surface area contributed by atoms with E-state index in [1.54, 1.807) is 18.4 Å². The monoisotopic (exact) mass is 210 g/mol. The maximum Gasteiger partial charge on any atom is 0.322 e. The van der Waals surface area contributed by atoms with E-state index in [9.17, 15) is 9.59 Å². The minimum absolute atomic E-state index is 0.362. The Morgan fingerprint density at radius 3 is 2.73 bits per heavy atom. The number of carboxylic acid groups (broad SMARTS) is 1. The van der Waals surface area contributed by atoms with Gasteiger partial charge in [-0.2, -0.15) is 0 Å². The third-order valence-electron chi connectivity index (χ3n) is 2.12. The molecule has 0 aromatic rings. The summed E-state index contributed by atoms with van der Waals surface area (Å²) >= 11 is 0. The molecule has 3 N–H and O–H groups in total. The van der Waals surface area contributed by atoms with E-state index in [2.05, 4.69) is 10.6 Å². The van der Waals surface area contributed by atoms with Gasteiger partial charge in [0.1, 0.15) is 6.54 Å². The molecule has 0 fully saturated rings. The number of carboxylic acids is 1. The summed E-state index contributed by atoms with van der Waals surface area (Å²) < 4.78 is 0. The van der Waals surface area contributed by atoms with E-state index in [0.29, 0.717) is 5.57 Å². The first-order valence-electron chi connectivity index (χ1n) is 4.58. The maximum absolute atomic E-state index is 11.6. The minimum atomic E-state index is -1.05. The Morgan fingerprint density at radius 1 is 1.53 bits per heavy atom. The first kappa shape index (κ1) is 11.3. The second-order valence-corrected chi connectivity index (χ2v) is 3.79. The van der Waals surface area contributed by atoms with Crippen LogP contribution in [0.4, 0.5) is 0 Å². The summed E-state index contributed by atoms with van der Waals surface area (Å²) in [5, 5.41) is 13.8. The van der Waals surface area contributed by atoms with E-state index in [0.717, 1.165) is 0 Å². The van der Waals surface area contributed by atoms with Gasteiger partial charge in [-0.1, -0.05) is 0 Å². The van der Waals surface area contributed by atoms with Crippen LogP contribution < -0.4 is 10.6 Å². The SMILES string of the molecule is CC1(C)NC=CC=C1C(=O)NCC(=O)O. The second kappa shape index (κ2) is 4.16. The summed E-state index contributed by atoms with van der Waals surface area (Å²) in [6.45, 7) is 3.33. The molecule has 0 aliphatic carbocycles. The van der Waals surface area contributed by atoms with E-state index in [-0.39, 0.29) is 12.5 Å². The van der Waals surface area contributed by atoms with Crippen molar-refractivity contribution in [2.24, 2.45) is 0 Å². The third kappa shape index (κ3) is 2.83. The molecule has 0 atom stereocenters. The number of rotatable bonds is 3. The van der Waals surface area contributed by atoms with Gasteiger partial charge in [0.2, 0.25) is 5.91 Å². The van der Waals surface area contributed by atoms with Gasteiger partial charge in [-0.25, -0.2) is 0 Å². The van der Waals surface area contributed by atoms with E-state index < -0.39 is 11.5 Å². The van der Waals surface area contributed by atoms with Crippen LogP contribution >= 0.6 is 0 Å². The first-order chi connectivity index (χ1) is 6.93. The predicted molar refractivity (Wildman–Crippen MR) is 55.1 cm³/mol. The molecular weight excluding hydrogens is 196 g/mol. The molecule has 0 spiro atoms. The fraction of sp³-hybridized carbons (Fsp3) is 0.400. The molecule has 1 amide bonds. The molecule has 0 aromatic carbocycles. The van der Waals surface area contributed by atoms with Crippen LogP contribution in [0, 0.1) is 0 Å². The van der Waals surface area contributed by atoms with Crippen molar-refractivity contribution >= 4 is 11.9 Å². The van der Waals surface area contributed by atoms with Crippen LogP contribution in [-0.2, 0) is 9.59 Å². The molecule has 1 aliphatic heterocycles. The van der Waals surface area contributed by atoms with Crippen LogP contribution in [0.15, 0.2) is 23.9 Å². The number of hydrogen-bond donors (Lipinski definition) is 3. The highest BCUT2D eigenvalue weighted by atomic mass is 16.4. The molecule has 0 saturated heterocycles. The summed E-state index contributed by atoms with van der Waals surface area (Å²) in [5.74, 6) is -1.42. The Kier molecular flexibility index (Phi) is 3.14. The van der Waals surface area contributed by atoms with Crippen LogP contribution in [0.25, 0.3) is 0 Å². The van der Waals surface area contributed by atoms with Crippen LogP contribution in [0.2, 0.25) is 0 Å². The Balaban J connectivity index is 2.69. The molecule has 0 aromatic heterocycles. The molecule has 1 rings (SSSR count). The molecule has 82 valence electrons. The van der Waals surface area contributed by atoms with E-state index >= 15 is 0 Å². The summed E-state index contributed by atoms with van der Waals surface area (Å²) in [5.41, 5.74) is 0.0448. The molecule has 5 nitrogen and oxygen atoms in total. The highest BCUT2D eigenvalue weighted by Crippen LogP contribution is 2.18. The van der Waals surface area contributed by atoms with Crippen molar-refractivity contribution in [2.75, 3.05) is 6.54 Å². The lowest BCUT2D eigenvalue weighted by molar-refractivity contribution is -0.137. The summed E-state index contributed by atoms with van der Waals surface area (Å²) in [7, 11) is 0. The third-order valence-corrected chi connectivity index (χ3v) is 2.12. The van der Waals surface area contributed by atoms with Gasteiger partial charge in [-0.3, -0.25) is 9.59 Å². The van der Waals surface area contributed by atoms with Gasteiger partial charge in [-0.15, -0.1) is 0 Å². The van der Waals surface area contributed by atoms with Crippen LogP contribution in [-0.4, -0.2) is 29.1 Å². The lowest BCUT2D eigenvalue weighted by Gasteiger charge is -2.29. The lowest BCUT2D eigenvalue weighted by Crippen LogP contribution is -2.46. The smallest absolute Gasteiger partial charge is 0.322 e. The molecule has 0 saturated carbocycles. The van der Waals surface area contributed by atoms with Gasteiger partial charge in [0, 0.05) is 5.57 Å². The van der Waals surface area contributed by atoms with Crippen molar-refractivity contribution in [3.8, 4) is 0 Å². The topological polar surface area (TPSA) is 78.4 Å². The molecule has 1 aliphatic rings. The number of carbonyl (C=O) groups is 2. The zero-order valence-corrected chi connectivity index (χ0v) is 8.70. The van der Waals surface area contributed by atoms with Crippen molar-refractivity contribution < 1.29 is 14.7 Å². The van der Waals surface area contributed by atoms with E-state index in [1.165, 1.54) is 0 Å². The zero-order valence-electron chi connectivity index (χ0n) is 8.70. The Hall–Kier alpha value is -1.78. The van der Waals surface area contributed by atoms with Crippen LogP contribution in [0.1, 0.15) is 13.8 Å². The number of nitrogens with one attached hydrogen (secondary N) is 2. The van der Waals surface area contributed by atoms with Crippen molar-refractivity contribution in [1.29, 1.82) is 0 Å². The number of aliphatic carboxylic acids is 1. The van der Waals surface area contributed by atoms with E-state index in [4.69, 9.17) is 5.11 Å². The van der Waals surface area contributed by atoms with Crippen LogP contribution in [0.5, 0.6) is 0 Å². The molecular formula is C10H14N2O3. The van der Waals surface area contributed by atoms with Crippen molar-refractivity contribution in [1.82, 2.24) is 10.6 Å². The second-order valence-electron chi connectivity index (χ2n) is 3.79. The number of amides is 1. The molecule has 5 heteroatoms. The quantitative estimate of drug-likeness (QED) is 0.613. The first-order valence-corrected chi connectivity index (χ1v) is 4.58. The standard InChI is InChI=1S/C10H14N2O3/c1-10(2)7(4-3-5-12-10)9(15)11-6-8(13)14/h3-5,12H,6H2,1-2H3,(H,11,15)(H,13,14). The number of allylic oxidation sites excluding steroid dienone is 2. The molecule has 1 heterocycles. The lowest BCUT2D eigenvalue weighted by atomic mass is 9.91. The van der Waals surface area contributed by atoms with Gasteiger partial charge in [0.25, 0.3) is 0 Å². The average Bonchev–Trinajstić information content (AvgIpc) is 2.13. The van der Waals surface area contributed by atoms with Gasteiger partial charge in [0.05, 0.1) is 5.54 Å².